The second kappa shape index (κ2) is 6.42. The zero-order chi connectivity index (χ0) is 13.8. The van der Waals surface area contributed by atoms with Crippen LogP contribution in [0.15, 0.2) is 24.3 Å². The van der Waals surface area contributed by atoms with E-state index < -0.39 is 0 Å². The number of rotatable bonds is 6. The number of fused-ring (bicyclic) bond motifs is 1. The molecule has 2 aromatic rings. The Balaban J connectivity index is 2.33. The summed E-state index contributed by atoms with van der Waals surface area (Å²) in [4.78, 5) is 4.77. The molecule has 3 heteroatoms. The third-order valence-electron chi connectivity index (χ3n) is 3.82. The molecule has 0 amide bonds. The summed E-state index contributed by atoms with van der Waals surface area (Å²) >= 11 is 6.51. The molecule has 2 unspecified atom stereocenters. The Hall–Kier alpha value is -1.02. The maximum atomic E-state index is 6.51. The van der Waals surface area contributed by atoms with E-state index in [4.69, 9.17) is 16.6 Å². The van der Waals surface area contributed by atoms with Gasteiger partial charge in [0.1, 0.15) is 5.82 Å². The van der Waals surface area contributed by atoms with E-state index in [1.165, 1.54) is 5.52 Å². The zero-order valence-corrected chi connectivity index (χ0v) is 12.8. The lowest BCUT2D eigenvalue weighted by atomic mass is 10.0. The maximum Gasteiger partial charge on any atom is 0.111 e. The molecule has 0 radical (unpaired) electrons. The monoisotopic (exact) mass is 278 g/mol. The lowest BCUT2D eigenvalue weighted by Crippen LogP contribution is -2.17. The minimum absolute atomic E-state index is 0.164. The van der Waals surface area contributed by atoms with Crippen LogP contribution < -0.4 is 0 Å². The van der Waals surface area contributed by atoms with Crippen molar-refractivity contribution >= 4 is 22.6 Å². The molecule has 0 aliphatic heterocycles. The van der Waals surface area contributed by atoms with Gasteiger partial charge in [0.05, 0.1) is 11.0 Å². The van der Waals surface area contributed by atoms with E-state index in [-0.39, 0.29) is 5.38 Å². The highest BCUT2D eigenvalue weighted by molar-refractivity contribution is 6.20. The van der Waals surface area contributed by atoms with Gasteiger partial charge in [0, 0.05) is 18.3 Å². The predicted octanol–water partition coefficient (Wildman–Crippen LogP) is 4.64. The SMILES string of the molecule is CCCn1c(CC(Cl)C(C)CC)nc2ccccc21. The van der Waals surface area contributed by atoms with Gasteiger partial charge in [0.15, 0.2) is 0 Å². The molecule has 2 nitrogen and oxygen atoms in total. The first-order chi connectivity index (χ1) is 9.17. The molecular formula is C16H23ClN2. The average molecular weight is 279 g/mol. The van der Waals surface area contributed by atoms with Gasteiger partial charge in [0.25, 0.3) is 0 Å². The highest BCUT2D eigenvalue weighted by Crippen LogP contribution is 2.22. The van der Waals surface area contributed by atoms with Crippen molar-refractivity contribution in [3.8, 4) is 0 Å². The third kappa shape index (κ3) is 3.11. The molecule has 2 atom stereocenters. The zero-order valence-electron chi connectivity index (χ0n) is 12.1. The van der Waals surface area contributed by atoms with Crippen LogP contribution in [0.5, 0.6) is 0 Å². The predicted molar refractivity (Wildman–Crippen MR) is 82.8 cm³/mol. The van der Waals surface area contributed by atoms with Crippen LogP contribution in [0, 0.1) is 5.92 Å². The first-order valence-electron chi connectivity index (χ1n) is 7.25. The Morgan fingerprint density at radius 1 is 1.26 bits per heavy atom. The van der Waals surface area contributed by atoms with Crippen molar-refractivity contribution in [3.63, 3.8) is 0 Å². The Labute approximate surface area is 120 Å². The summed E-state index contributed by atoms with van der Waals surface area (Å²) in [5.74, 6) is 1.65. The summed E-state index contributed by atoms with van der Waals surface area (Å²) in [6.07, 6.45) is 3.08. The van der Waals surface area contributed by atoms with Crippen LogP contribution >= 0.6 is 11.6 Å². The van der Waals surface area contributed by atoms with E-state index in [2.05, 4.69) is 43.5 Å². The third-order valence-corrected chi connectivity index (χ3v) is 4.40. The number of alkyl halides is 1. The maximum absolute atomic E-state index is 6.51. The fourth-order valence-electron chi connectivity index (χ4n) is 2.39. The molecule has 0 fully saturated rings. The number of hydrogen-bond donors (Lipinski definition) is 0. The van der Waals surface area contributed by atoms with Crippen molar-refractivity contribution in [2.24, 2.45) is 5.92 Å². The molecule has 0 spiro atoms. The van der Waals surface area contributed by atoms with Gasteiger partial charge in [-0.15, -0.1) is 11.6 Å². The summed E-state index contributed by atoms with van der Waals surface area (Å²) in [6, 6.07) is 8.35. The number of benzene rings is 1. The van der Waals surface area contributed by atoms with Gasteiger partial charge >= 0.3 is 0 Å². The molecule has 0 bridgehead atoms. The fourth-order valence-corrected chi connectivity index (χ4v) is 2.70. The van der Waals surface area contributed by atoms with E-state index >= 15 is 0 Å². The van der Waals surface area contributed by atoms with Crippen molar-refractivity contribution in [1.82, 2.24) is 9.55 Å². The largest absolute Gasteiger partial charge is 0.328 e. The van der Waals surface area contributed by atoms with E-state index in [0.717, 1.165) is 37.1 Å². The topological polar surface area (TPSA) is 17.8 Å². The normalized spacial score (nSPS) is 14.7. The first kappa shape index (κ1) is 14.4. The number of imidazole rings is 1. The number of nitrogens with zero attached hydrogens (tertiary/aromatic N) is 2. The van der Waals surface area contributed by atoms with Gasteiger partial charge in [-0.3, -0.25) is 0 Å². The molecule has 1 heterocycles. The Morgan fingerprint density at radius 2 is 2.00 bits per heavy atom. The molecule has 19 heavy (non-hydrogen) atoms. The molecule has 0 aliphatic carbocycles. The minimum atomic E-state index is 0.164. The van der Waals surface area contributed by atoms with Crippen molar-refractivity contribution in [3.05, 3.63) is 30.1 Å². The van der Waals surface area contributed by atoms with Gasteiger partial charge in [-0.2, -0.15) is 0 Å². The molecule has 1 aromatic heterocycles. The fraction of sp³-hybridized carbons (Fsp3) is 0.562. The Bertz CT molecular complexity index is 533. The van der Waals surface area contributed by atoms with E-state index in [0.29, 0.717) is 5.92 Å². The summed E-state index contributed by atoms with van der Waals surface area (Å²) in [5.41, 5.74) is 2.31. The standard InChI is InChI=1S/C16H23ClN2/c1-4-10-19-15-9-7-6-8-14(15)18-16(19)11-13(17)12(3)5-2/h6-9,12-13H,4-5,10-11H2,1-3H3. The van der Waals surface area contributed by atoms with Crippen molar-refractivity contribution in [2.75, 3.05) is 0 Å². The van der Waals surface area contributed by atoms with Crippen LogP contribution in [-0.2, 0) is 13.0 Å². The molecule has 0 saturated carbocycles. The number of aryl methyl sites for hydroxylation is 1. The number of aromatic nitrogens is 2. The van der Waals surface area contributed by atoms with E-state index in [9.17, 15) is 0 Å². The molecule has 0 saturated heterocycles. The van der Waals surface area contributed by atoms with Crippen LogP contribution in [0.1, 0.15) is 39.4 Å². The van der Waals surface area contributed by atoms with Gasteiger partial charge in [-0.05, 0) is 24.5 Å². The smallest absolute Gasteiger partial charge is 0.111 e. The van der Waals surface area contributed by atoms with Crippen LogP contribution in [-0.4, -0.2) is 14.9 Å². The number of halogens is 1. The molecule has 0 N–H and O–H groups in total. The van der Waals surface area contributed by atoms with E-state index in [1.807, 2.05) is 6.07 Å². The molecular weight excluding hydrogens is 256 g/mol. The van der Waals surface area contributed by atoms with Crippen LogP contribution in [0.3, 0.4) is 0 Å². The van der Waals surface area contributed by atoms with Crippen LogP contribution in [0.25, 0.3) is 11.0 Å². The number of para-hydroxylation sites is 2. The molecule has 1 aromatic carbocycles. The van der Waals surface area contributed by atoms with Gasteiger partial charge in [0.2, 0.25) is 0 Å². The second-order valence-corrected chi connectivity index (χ2v) is 5.83. The highest BCUT2D eigenvalue weighted by Gasteiger charge is 2.18. The van der Waals surface area contributed by atoms with Gasteiger partial charge in [-0.25, -0.2) is 4.98 Å². The summed E-state index contributed by atoms with van der Waals surface area (Å²) in [6.45, 7) is 7.62. The van der Waals surface area contributed by atoms with Crippen LogP contribution in [0.4, 0.5) is 0 Å². The van der Waals surface area contributed by atoms with Gasteiger partial charge < -0.3 is 4.57 Å². The average Bonchev–Trinajstić information content (AvgIpc) is 2.76. The molecule has 2 rings (SSSR count). The Kier molecular flexibility index (Phi) is 4.87. The molecule has 104 valence electrons. The lowest BCUT2D eigenvalue weighted by Gasteiger charge is -2.16. The van der Waals surface area contributed by atoms with Gasteiger partial charge in [-0.1, -0.05) is 39.3 Å². The van der Waals surface area contributed by atoms with E-state index in [1.54, 1.807) is 0 Å². The highest BCUT2D eigenvalue weighted by atomic mass is 35.5. The second-order valence-electron chi connectivity index (χ2n) is 5.27. The van der Waals surface area contributed by atoms with Crippen molar-refractivity contribution < 1.29 is 0 Å². The summed E-state index contributed by atoms with van der Waals surface area (Å²) < 4.78 is 2.33. The number of hydrogen-bond acceptors (Lipinski definition) is 1. The quantitative estimate of drug-likeness (QED) is 0.704. The lowest BCUT2D eigenvalue weighted by molar-refractivity contribution is 0.508. The Morgan fingerprint density at radius 3 is 2.68 bits per heavy atom. The van der Waals surface area contributed by atoms with Crippen LogP contribution in [0.2, 0.25) is 0 Å². The van der Waals surface area contributed by atoms with Crippen molar-refractivity contribution in [1.29, 1.82) is 0 Å². The van der Waals surface area contributed by atoms with Crippen molar-refractivity contribution in [2.45, 2.75) is 52.0 Å². The molecule has 0 aliphatic rings. The summed E-state index contributed by atoms with van der Waals surface area (Å²) in [5, 5.41) is 0.164. The first-order valence-corrected chi connectivity index (χ1v) is 7.69. The minimum Gasteiger partial charge on any atom is -0.328 e. The summed E-state index contributed by atoms with van der Waals surface area (Å²) in [7, 11) is 0.